The van der Waals surface area contributed by atoms with Crippen LogP contribution in [0.3, 0.4) is 0 Å². The van der Waals surface area contributed by atoms with Gasteiger partial charge >= 0.3 is 5.97 Å². The second kappa shape index (κ2) is 6.46. The fourth-order valence-electron chi connectivity index (χ4n) is 1.94. The van der Waals surface area contributed by atoms with Gasteiger partial charge in [-0.1, -0.05) is 0 Å². The van der Waals surface area contributed by atoms with Crippen LogP contribution in [0.25, 0.3) is 0 Å². The van der Waals surface area contributed by atoms with Crippen molar-refractivity contribution in [3.05, 3.63) is 28.2 Å². The molecule has 0 aromatic heterocycles. The molecule has 0 radical (unpaired) electrons. The van der Waals surface area contributed by atoms with Gasteiger partial charge in [-0.2, -0.15) is 16.1 Å². The van der Waals surface area contributed by atoms with E-state index < -0.39 is 16.0 Å². The van der Waals surface area contributed by atoms with Gasteiger partial charge in [0.1, 0.15) is 0 Å². The molecule has 0 spiro atoms. The number of benzene rings is 1. The molecule has 0 unspecified atom stereocenters. The zero-order valence-electron chi connectivity index (χ0n) is 10.6. The van der Waals surface area contributed by atoms with Gasteiger partial charge in [0.25, 0.3) is 0 Å². The molecule has 8 heteroatoms. The Morgan fingerprint density at radius 1 is 1.30 bits per heavy atom. The van der Waals surface area contributed by atoms with Crippen molar-refractivity contribution < 1.29 is 18.3 Å². The van der Waals surface area contributed by atoms with Gasteiger partial charge in [0.2, 0.25) is 10.0 Å². The molecule has 2 rings (SSSR count). The molecule has 1 fully saturated rings. The summed E-state index contributed by atoms with van der Waals surface area (Å²) in [5.74, 6) is 0.568. The van der Waals surface area contributed by atoms with Crippen LogP contribution >= 0.6 is 27.7 Å². The maximum atomic E-state index is 12.6. The van der Waals surface area contributed by atoms with Crippen LogP contribution in [0.2, 0.25) is 0 Å². The Morgan fingerprint density at radius 3 is 2.75 bits per heavy atom. The largest absolute Gasteiger partial charge is 0.478 e. The number of hydrogen-bond donors (Lipinski definition) is 1. The van der Waals surface area contributed by atoms with Crippen molar-refractivity contribution in [2.24, 2.45) is 0 Å². The van der Waals surface area contributed by atoms with Gasteiger partial charge in [0.05, 0.1) is 10.5 Å². The van der Waals surface area contributed by atoms with Crippen LogP contribution in [-0.2, 0) is 10.0 Å². The van der Waals surface area contributed by atoms with Crippen molar-refractivity contribution in [3.8, 4) is 0 Å². The van der Waals surface area contributed by atoms with E-state index in [4.69, 9.17) is 5.11 Å². The van der Waals surface area contributed by atoms with E-state index in [-0.39, 0.29) is 10.5 Å². The molecule has 0 atom stereocenters. The molecule has 110 valence electrons. The lowest BCUT2D eigenvalue weighted by molar-refractivity contribution is 0.0696. The van der Waals surface area contributed by atoms with Crippen molar-refractivity contribution in [3.63, 3.8) is 0 Å². The highest BCUT2D eigenvalue weighted by atomic mass is 79.9. The third kappa shape index (κ3) is 3.36. The van der Waals surface area contributed by atoms with Gasteiger partial charge in [-0.25, -0.2) is 13.2 Å². The molecule has 0 saturated carbocycles. The normalized spacial score (nSPS) is 17.6. The Labute approximate surface area is 130 Å². The topological polar surface area (TPSA) is 74.7 Å². The van der Waals surface area contributed by atoms with Gasteiger partial charge < -0.3 is 5.11 Å². The van der Waals surface area contributed by atoms with Crippen LogP contribution in [0.1, 0.15) is 16.8 Å². The van der Waals surface area contributed by atoms with Crippen LogP contribution in [0.15, 0.2) is 27.6 Å². The molecule has 1 saturated heterocycles. The van der Waals surface area contributed by atoms with E-state index in [1.54, 1.807) is 11.8 Å². The molecular weight excluding hydrogens is 366 g/mol. The summed E-state index contributed by atoms with van der Waals surface area (Å²) in [5, 5.41) is 8.99. The Kier molecular flexibility index (Phi) is 5.11. The fourth-order valence-corrected chi connectivity index (χ4v) is 5.37. The molecule has 1 heterocycles. The van der Waals surface area contributed by atoms with Crippen LogP contribution in [0.5, 0.6) is 0 Å². The summed E-state index contributed by atoms with van der Waals surface area (Å²) in [5.41, 5.74) is -0.0315. The minimum atomic E-state index is -3.66. The van der Waals surface area contributed by atoms with Crippen molar-refractivity contribution >= 4 is 43.7 Å². The van der Waals surface area contributed by atoms with Gasteiger partial charge in [-0.05, 0) is 46.3 Å². The Morgan fingerprint density at radius 2 is 2.05 bits per heavy atom. The molecular formula is C12H14BrNO4S2. The van der Waals surface area contributed by atoms with E-state index in [1.165, 1.54) is 22.5 Å². The van der Waals surface area contributed by atoms with E-state index >= 15 is 0 Å². The lowest BCUT2D eigenvalue weighted by atomic mass is 10.2. The maximum Gasteiger partial charge on any atom is 0.335 e. The predicted molar refractivity (Wildman–Crippen MR) is 81.8 cm³/mol. The third-order valence-corrected chi connectivity index (χ3v) is 6.92. The van der Waals surface area contributed by atoms with Crippen LogP contribution in [-0.4, -0.2) is 48.4 Å². The van der Waals surface area contributed by atoms with Gasteiger partial charge in [0, 0.05) is 23.3 Å². The Balaban J connectivity index is 2.42. The quantitative estimate of drug-likeness (QED) is 0.871. The summed E-state index contributed by atoms with van der Waals surface area (Å²) in [6.45, 7) is 0.926. The van der Waals surface area contributed by atoms with Crippen molar-refractivity contribution in [1.29, 1.82) is 0 Å². The molecule has 0 aliphatic carbocycles. The number of rotatable bonds is 3. The zero-order valence-corrected chi connectivity index (χ0v) is 13.8. The minimum absolute atomic E-state index is 0.0179. The first-order chi connectivity index (χ1) is 9.43. The number of sulfonamides is 1. The summed E-state index contributed by atoms with van der Waals surface area (Å²) in [6.07, 6.45) is 0.806. The van der Waals surface area contributed by atoms with E-state index in [0.29, 0.717) is 17.6 Å². The number of carboxylic acid groups (broad SMARTS) is 1. The molecule has 20 heavy (non-hydrogen) atoms. The number of carboxylic acids is 1. The third-order valence-electron chi connectivity index (χ3n) is 2.98. The zero-order chi connectivity index (χ0) is 14.8. The lowest BCUT2D eigenvalue weighted by Gasteiger charge is -2.20. The smallest absolute Gasteiger partial charge is 0.335 e. The van der Waals surface area contributed by atoms with E-state index in [1.807, 2.05) is 0 Å². The minimum Gasteiger partial charge on any atom is -0.478 e. The Bertz CT molecular complexity index is 610. The van der Waals surface area contributed by atoms with Crippen molar-refractivity contribution in [2.45, 2.75) is 11.3 Å². The first kappa shape index (κ1) is 15.8. The molecule has 1 N–H and O–H groups in total. The summed E-state index contributed by atoms with van der Waals surface area (Å²) in [7, 11) is -3.66. The monoisotopic (exact) mass is 379 g/mol. The SMILES string of the molecule is O=C(O)c1ccc(Br)c(S(=O)(=O)N2CCCSCC2)c1. The summed E-state index contributed by atoms with van der Waals surface area (Å²) < 4.78 is 27.1. The molecule has 1 aliphatic heterocycles. The number of nitrogens with zero attached hydrogens (tertiary/aromatic N) is 1. The number of halogens is 1. The second-order valence-corrected chi connectivity index (χ2v) is 8.31. The molecule has 1 aromatic carbocycles. The maximum absolute atomic E-state index is 12.6. The molecule has 0 bridgehead atoms. The average molecular weight is 380 g/mol. The Hall–Kier alpha value is -0.570. The molecule has 1 aliphatic rings. The summed E-state index contributed by atoms with van der Waals surface area (Å²) >= 11 is 4.93. The number of aromatic carboxylic acids is 1. The first-order valence-electron chi connectivity index (χ1n) is 6.03. The van der Waals surface area contributed by atoms with E-state index in [0.717, 1.165) is 17.9 Å². The predicted octanol–water partition coefficient (Wildman–Crippen LogP) is 2.27. The van der Waals surface area contributed by atoms with Crippen molar-refractivity contribution in [1.82, 2.24) is 4.31 Å². The van der Waals surface area contributed by atoms with Gasteiger partial charge in [-0.15, -0.1) is 0 Å². The highest BCUT2D eigenvalue weighted by molar-refractivity contribution is 9.10. The number of hydrogen-bond acceptors (Lipinski definition) is 4. The summed E-state index contributed by atoms with van der Waals surface area (Å²) in [6, 6.07) is 4.05. The van der Waals surface area contributed by atoms with Gasteiger partial charge in [0.15, 0.2) is 0 Å². The van der Waals surface area contributed by atoms with E-state index in [9.17, 15) is 13.2 Å². The van der Waals surface area contributed by atoms with Crippen LogP contribution in [0.4, 0.5) is 0 Å². The highest BCUT2D eigenvalue weighted by Gasteiger charge is 2.28. The molecule has 0 amide bonds. The van der Waals surface area contributed by atoms with Gasteiger partial charge in [-0.3, -0.25) is 0 Å². The molecule has 1 aromatic rings. The highest BCUT2D eigenvalue weighted by Crippen LogP contribution is 2.27. The fraction of sp³-hybridized carbons (Fsp3) is 0.417. The van der Waals surface area contributed by atoms with Crippen LogP contribution in [0, 0.1) is 0 Å². The molecule has 5 nitrogen and oxygen atoms in total. The number of carbonyl (C=O) groups is 1. The van der Waals surface area contributed by atoms with Crippen molar-refractivity contribution in [2.75, 3.05) is 24.6 Å². The standard InChI is InChI=1S/C12H14BrNO4S2/c13-10-3-2-9(12(15)16)8-11(10)20(17,18)14-4-1-6-19-7-5-14/h2-3,8H,1,4-7H2,(H,15,16). The second-order valence-electron chi connectivity index (χ2n) is 4.32. The van der Waals surface area contributed by atoms with E-state index in [2.05, 4.69) is 15.9 Å². The first-order valence-corrected chi connectivity index (χ1v) is 9.42. The van der Waals surface area contributed by atoms with Crippen LogP contribution < -0.4 is 0 Å². The average Bonchev–Trinajstić information content (AvgIpc) is 2.68. The summed E-state index contributed by atoms with van der Waals surface area (Å²) in [4.78, 5) is 11.0. The lowest BCUT2D eigenvalue weighted by Crippen LogP contribution is -2.33. The number of thioether (sulfide) groups is 1.